The quantitative estimate of drug-likeness (QED) is 0.847. The Balaban J connectivity index is 1.74. The van der Waals surface area contributed by atoms with Crippen molar-refractivity contribution in [3.05, 3.63) is 23.9 Å². The van der Waals surface area contributed by atoms with E-state index in [0.29, 0.717) is 5.92 Å². The van der Waals surface area contributed by atoms with E-state index in [1.807, 2.05) is 6.20 Å². The summed E-state index contributed by atoms with van der Waals surface area (Å²) in [6.07, 6.45) is 4.70. The molecule has 0 bridgehead atoms. The van der Waals surface area contributed by atoms with E-state index in [9.17, 15) is 0 Å². The number of anilines is 1. The SMILES string of the molecule is CC(C)c1ccc(NCCN2CCCC2)nc1. The number of nitrogens with zero attached hydrogens (tertiary/aromatic N) is 2. The van der Waals surface area contributed by atoms with Gasteiger partial charge in [0.2, 0.25) is 0 Å². The van der Waals surface area contributed by atoms with Gasteiger partial charge in [-0.05, 0) is 43.5 Å². The molecule has 3 heteroatoms. The maximum absolute atomic E-state index is 4.43. The first-order valence-corrected chi connectivity index (χ1v) is 6.68. The summed E-state index contributed by atoms with van der Waals surface area (Å²) in [5, 5.41) is 3.38. The first kappa shape index (κ1) is 12.4. The molecule has 0 amide bonds. The number of pyridine rings is 1. The van der Waals surface area contributed by atoms with Crippen molar-refractivity contribution in [3.8, 4) is 0 Å². The van der Waals surface area contributed by atoms with Gasteiger partial charge in [0, 0.05) is 19.3 Å². The van der Waals surface area contributed by atoms with Crippen molar-refractivity contribution < 1.29 is 0 Å². The topological polar surface area (TPSA) is 28.2 Å². The maximum Gasteiger partial charge on any atom is 0.125 e. The fourth-order valence-electron chi connectivity index (χ4n) is 2.20. The molecule has 0 aliphatic carbocycles. The largest absolute Gasteiger partial charge is 0.369 e. The standard InChI is InChI=1S/C14H23N3/c1-12(2)13-5-6-14(16-11-13)15-7-10-17-8-3-4-9-17/h5-6,11-12H,3-4,7-10H2,1-2H3,(H,15,16). The van der Waals surface area contributed by atoms with E-state index in [1.165, 1.54) is 31.5 Å². The van der Waals surface area contributed by atoms with Crippen LogP contribution in [0.25, 0.3) is 0 Å². The molecular formula is C14H23N3. The minimum atomic E-state index is 0.557. The fourth-order valence-corrected chi connectivity index (χ4v) is 2.20. The summed E-state index contributed by atoms with van der Waals surface area (Å²) in [5.74, 6) is 1.55. The van der Waals surface area contributed by atoms with Crippen molar-refractivity contribution in [2.45, 2.75) is 32.6 Å². The number of likely N-dealkylation sites (tertiary alicyclic amines) is 1. The average Bonchev–Trinajstić information content (AvgIpc) is 2.83. The Morgan fingerprint density at radius 3 is 2.65 bits per heavy atom. The highest BCUT2D eigenvalue weighted by molar-refractivity contribution is 5.36. The Labute approximate surface area is 104 Å². The highest BCUT2D eigenvalue weighted by Crippen LogP contribution is 2.14. The zero-order valence-electron chi connectivity index (χ0n) is 10.9. The molecule has 2 heterocycles. The highest BCUT2D eigenvalue weighted by Gasteiger charge is 2.10. The molecule has 0 radical (unpaired) electrons. The lowest BCUT2D eigenvalue weighted by Gasteiger charge is -2.15. The van der Waals surface area contributed by atoms with E-state index in [1.54, 1.807) is 0 Å². The van der Waals surface area contributed by atoms with E-state index >= 15 is 0 Å². The van der Waals surface area contributed by atoms with Crippen LogP contribution < -0.4 is 5.32 Å². The van der Waals surface area contributed by atoms with Crippen molar-refractivity contribution in [2.24, 2.45) is 0 Å². The molecule has 0 spiro atoms. The molecule has 0 saturated carbocycles. The summed E-state index contributed by atoms with van der Waals surface area (Å²) in [6, 6.07) is 4.25. The predicted molar refractivity (Wildman–Crippen MR) is 72.5 cm³/mol. The average molecular weight is 233 g/mol. The number of nitrogens with one attached hydrogen (secondary N) is 1. The van der Waals surface area contributed by atoms with Gasteiger partial charge in [0.15, 0.2) is 0 Å². The molecule has 1 aliphatic rings. The molecule has 1 saturated heterocycles. The molecule has 94 valence electrons. The van der Waals surface area contributed by atoms with Crippen LogP contribution in [-0.2, 0) is 0 Å². The lowest BCUT2D eigenvalue weighted by atomic mass is 10.1. The minimum absolute atomic E-state index is 0.557. The van der Waals surface area contributed by atoms with Crippen LogP contribution in [0.5, 0.6) is 0 Å². The molecule has 3 nitrogen and oxygen atoms in total. The summed E-state index contributed by atoms with van der Waals surface area (Å²) in [4.78, 5) is 6.94. The summed E-state index contributed by atoms with van der Waals surface area (Å²) < 4.78 is 0. The normalized spacial score (nSPS) is 16.6. The van der Waals surface area contributed by atoms with Crippen LogP contribution in [0.1, 0.15) is 38.2 Å². The monoisotopic (exact) mass is 233 g/mol. The smallest absolute Gasteiger partial charge is 0.125 e. The molecule has 1 aromatic heterocycles. The van der Waals surface area contributed by atoms with Gasteiger partial charge in [0.05, 0.1) is 0 Å². The Bertz CT molecular complexity index is 326. The van der Waals surface area contributed by atoms with Crippen LogP contribution in [-0.4, -0.2) is 36.1 Å². The predicted octanol–water partition coefficient (Wildman–Crippen LogP) is 2.71. The summed E-state index contributed by atoms with van der Waals surface area (Å²) in [5.41, 5.74) is 1.30. The first-order chi connectivity index (χ1) is 8.25. The van der Waals surface area contributed by atoms with Gasteiger partial charge in [0.25, 0.3) is 0 Å². The van der Waals surface area contributed by atoms with Crippen molar-refractivity contribution in [1.82, 2.24) is 9.88 Å². The molecule has 0 aromatic carbocycles. The minimum Gasteiger partial charge on any atom is -0.369 e. The van der Waals surface area contributed by atoms with E-state index in [4.69, 9.17) is 0 Å². The number of aromatic nitrogens is 1. The zero-order valence-corrected chi connectivity index (χ0v) is 10.9. The highest BCUT2D eigenvalue weighted by atomic mass is 15.2. The second-order valence-electron chi connectivity index (χ2n) is 5.11. The molecule has 0 unspecified atom stereocenters. The van der Waals surface area contributed by atoms with Crippen molar-refractivity contribution in [3.63, 3.8) is 0 Å². The molecule has 1 fully saturated rings. The molecule has 0 atom stereocenters. The van der Waals surface area contributed by atoms with Crippen LogP contribution >= 0.6 is 0 Å². The third-order valence-electron chi connectivity index (χ3n) is 3.39. The Morgan fingerprint density at radius 1 is 1.29 bits per heavy atom. The molecule has 1 aliphatic heterocycles. The van der Waals surface area contributed by atoms with Gasteiger partial charge in [-0.1, -0.05) is 19.9 Å². The first-order valence-electron chi connectivity index (χ1n) is 6.68. The van der Waals surface area contributed by atoms with E-state index in [2.05, 4.69) is 41.2 Å². The Hall–Kier alpha value is -1.09. The lowest BCUT2D eigenvalue weighted by Crippen LogP contribution is -2.26. The number of rotatable bonds is 5. The van der Waals surface area contributed by atoms with Gasteiger partial charge in [-0.25, -0.2) is 4.98 Å². The van der Waals surface area contributed by atoms with Gasteiger partial charge in [-0.3, -0.25) is 0 Å². The number of hydrogen-bond acceptors (Lipinski definition) is 3. The van der Waals surface area contributed by atoms with E-state index in [0.717, 1.165) is 18.9 Å². The van der Waals surface area contributed by atoms with Gasteiger partial charge in [0.1, 0.15) is 5.82 Å². The Morgan fingerprint density at radius 2 is 2.06 bits per heavy atom. The third kappa shape index (κ3) is 3.70. The molecule has 17 heavy (non-hydrogen) atoms. The van der Waals surface area contributed by atoms with Crippen molar-refractivity contribution in [2.75, 3.05) is 31.5 Å². The Kier molecular flexibility index (Phi) is 4.37. The van der Waals surface area contributed by atoms with Gasteiger partial charge in [-0.15, -0.1) is 0 Å². The summed E-state index contributed by atoms with van der Waals surface area (Å²) in [6.45, 7) is 9.04. The second kappa shape index (κ2) is 6.01. The van der Waals surface area contributed by atoms with Gasteiger partial charge >= 0.3 is 0 Å². The maximum atomic E-state index is 4.43. The summed E-state index contributed by atoms with van der Waals surface area (Å²) >= 11 is 0. The zero-order chi connectivity index (χ0) is 12.1. The fraction of sp³-hybridized carbons (Fsp3) is 0.643. The third-order valence-corrected chi connectivity index (χ3v) is 3.39. The van der Waals surface area contributed by atoms with E-state index < -0.39 is 0 Å². The van der Waals surface area contributed by atoms with E-state index in [-0.39, 0.29) is 0 Å². The molecular weight excluding hydrogens is 210 g/mol. The van der Waals surface area contributed by atoms with Crippen LogP contribution in [0.15, 0.2) is 18.3 Å². The van der Waals surface area contributed by atoms with Crippen LogP contribution in [0.3, 0.4) is 0 Å². The van der Waals surface area contributed by atoms with Crippen molar-refractivity contribution >= 4 is 5.82 Å². The summed E-state index contributed by atoms with van der Waals surface area (Å²) in [7, 11) is 0. The molecule has 1 N–H and O–H groups in total. The van der Waals surface area contributed by atoms with Crippen molar-refractivity contribution in [1.29, 1.82) is 0 Å². The second-order valence-corrected chi connectivity index (χ2v) is 5.11. The molecule has 2 rings (SSSR count). The van der Waals surface area contributed by atoms with Crippen LogP contribution in [0.2, 0.25) is 0 Å². The van der Waals surface area contributed by atoms with Gasteiger partial charge < -0.3 is 10.2 Å². The molecule has 1 aromatic rings. The van der Waals surface area contributed by atoms with Crippen LogP contribution in [0.4, 0.5) is 5.82 Å². The number of hydrogen-bond donors (Lipinski definition) is 1. The lowest BCUT2D eigenvalue weighted by molar-refractivity contribution is 0.352. The van der Waals surface area contributed by atoms with Gasteiger partial charge in [-0.2, -0.15) is 0 Å². The van der Waals surface area contributed by atoms with Crippen LogP contribution in [0, 0.1) is 0 Å².